The highest BCUT2D eigenvalue weighted by molar-refractivity contribution is 9.10. The molecule has 0 radical (unpaired) electrons. The predicted octanol–water partition coefficient (Wildman–Crippen LogP) is 1.73. The van der Waals surface area contributed by atoms with Gasteiger partial charge in [0.05, 0.1) is 6.54 Å². The van der Waals surface area contributed by atoms with Crippen molar-refractivity contribution in [2.75, 3.05) is 25.0 Å². The van der Waals surface area contributed by atoms with Crippen molar-refractivity contribution in [3.63, 3.8) is 0 Å². The average molecular weight is 312 g/mol. The van der Waals surface area contributed by atoms with Crippen molar-refractivity contribution in [1.29, 1.82) is 0 Å². The molecule has 1 heterocycles. The highest BCUT2D eigenvalue weighted by atomic mass is 79.9. The number of carbonyl (C=O) groups is 1. The molecule has 3 N–H and O–H groups in total. The molecule has 1 aromatic carbocycles. The molecule has 1 saturated heterocycles. The van der Waals surface area contributed by atoms with Crippen molar-refractivity contribution >= 4 is 27.5 Å². The van der Waals surface area contributed by atoms with E-state index in [1.54, 1.807) is 0 Å². The number of rotatable bonds is 3. The quantitative estimate of drug-likeness (QED) is 0.894. The van der Waals surface area contributed by atoms with Gasteiger partial charge in [0.1, 0.15) is 0 Å². The number of nitrogens with one attached hydrogen (secondary N) is 1. The summed E-state index contributed by atoms with van der Waals surface area (Å²) in [4.78, 5) is 14.0. The van der Waals surface area contributed by atoms with Crippen molar-refractivity contribution in [2.45, 2.75) is 19.4 Å². The maximum Gasteiger partial charge on any atom is 0.238 e. The third kappa shape index (κ3) is 3.54. The molecular formula is C13H18BrN3O. The highest BCUT2D eigenvalue weighted by Crippen LogP contribution is 2.20. The van der Waals surface area contributed by atoms with Crippen LogP contribution in [0.25, 0.3) is 0 Å². The number of benzene rings is 1. The Morgan fingerprint density at radius 1 is 1.61 bits per heavy atom. The molecule has 0 unspecified atom stereocenters. The zero-order valence-electron chi connectivity index (χ0n) is 10.4. The van der Waals surface area contributed by atoms with Crippen molar-refractivity contribution < 1.29 is 4.79 Å². The molecule has 1 aliphatic heterocycles. The van der Waals surface area contributed by atoms with E-state index in [-0.39, 0.29) is 11.9 Å². The zero-order valence-corrected chi connectivity index (χ0v) is 12.0. The lowest BCUT2D eigenvalue weighted by molar-refractivity contribution is -0.117. The molecule has 5 heteroatoms. The maximum absolute atomic E-state index is 11.9. The van der Waals surface area contributed by atoms with E-state index >= 15 is 0 Å². The van der Waals surface area contributed by atoms with Crippen molar-refractivity contribution in [3.05, 3.63) is 28.2 Å². The van der Waals surface area contributed by atoms with E-state index < -0.39 is 0 Å². The van der Waals surface area contributed by atoms with Gasteiger partial charge in [-0.2, -0.15) is 0 Å². The van der Waals surface area contributed by atoms with Crippen molar-refractivity contribution in [1.82, 2.24) is 4.90 Å². The number of nitrogens with zero attached hydrogens (tertiary/aromatic N) is 1. The number of aryl methyl sites for hydroxylation is 1. The molecular weight excluding hydrogens is 294 g/mol. The second kappa shape index (κ2) is 5.82. The molecule has 0 spiro atoms. The smallest absolute Gasteiger partial charge is 0.238 e. The van der Waals surface area contributed by atoms with Gasteiger partial charge in [0, 0.05) is 29.3 Å². The Labute approximate surface area is 116 Å². The summed E-state index contributed by atoms with van der Waals surface area (Å²) in [6.45, 7) is 4.14. The summed E-state index contributed by atoms with van der Waals surface area (Å²) in [7, 11) is 0. The summed E-state index contributed by atoms with van der Waals surface area (Å²) in [6.07, 6.45) is 0.977. The molecule has 18 heavy (non-hydrogen) atoms. The van der Waals surface area contributed by atoms with Crippen molar-refractivity contribution in [2.24, 2.45) is 5.73 Å². The van der Waals surface area contributed by atoms with Gasteiger partial charge < -0.3 is 11.1 Å². The molecule has 2 rings (SSSR count). The zero-order chi connectivity index (χ0) is 13.1. The lowest BCUT2D eigenvalue weighted by Crippen LogP contribution is -2.33. The Hall–Kier alpha value is -0.910. The average Bonchev–Trinajstić information content (AvgIpc) is 2.69. The van der Waals surface area contributed by atoms with E-state index in [1.807, 2.05) is 25.1 Å². The fraction of sp³-hybridized carbons (Fsp3) is 0.462. The Morgan fingerprint density at radius 2 is 2.39 bits per heavy atom. The molecule has 1 aromatic rings. The number of nitrogens with two attached hydrogens (primary N) is 1. The van der Waals surface area contributed by atoms with Gasteiger partial charge in [-0.05, 0) is 37.1 Å². The summed E-state index contributed by atoms with van der Waals surface area (Å²) >= 11 is 3.44. The maximum atomic E-state index is 11.9. The molecule has 4 nitrogen and oxygen atoms in total. The van der Waals surface area contributed by atoms with Crippen LogP contribution in [0.4, 0.5) is 5.69 Å². The van der Waals surface area contributed by atoms with Gasteiger partial charge in [0.25, 0.3) is 0 Å². The first kappa shape index (κ1) is 13.5. The predicted molar refractivity (Wildman–Crippen MR) is 76.5 cm³/mol. The van der Waals surface area contributed by atoms with E-state index in [2.05, 4.69) is 26.1 Å². The molecule has 0 bridgehead atoms. The van der Waals surface area contributed by atoms with Crippen molar-refractivity contribution in [3.8, 4) is 0 Å². The second-order valence-electron chi connectivity index (χ2n) is 4.80. The van der Waals surface area contributed by atoms with Gasteiger partial charge in [-0.3, -0.25) is 9.69 Å². The van der Waals surface area contributed by atoms with E-state index in [1.165, 1.54) is 0 Å². The van der Waals surface area contributed by atoms with Gasteiger partial charge in [-0.15, -0.1) is 0 Å². The van der Waals surface area contributed by atoms with Crippen LogP contribution in [0, 0.1) is 6.92 Å². The SMILES string of the molecule is Cc1cc(NC(=O)CN2CC[C@@H](N)C2)ccc1Br. The third-order valence-electron chi connectivity index (χ3n) is 3.12. The summed E-state index contributed by atoms with van der Waals surface area (Å²) < 4.78 is 1.05. The molecule has 1 aliphatic rings. The van der Waals surface area contributed by atoms with Crippen LogP contribution in [0.2, 0.25) is 0 Å². The lowest BCUT2D eigenvalue weighted by Gasteiger charge is -2.15. The Kier molecular flexibility index (Phi) is 4.37. The number of anilines is 1. The van der Waals surface area contributed by atoms with Gasteiger partial charge >= 0.3 is 0 Å². The first-order valence-electron chi connectivity index (χ1n) is 6.08. The van der Waals surface area contributed by atoms with Crippen LogP contribution in [0.1, 0.15) is 12.0 Å². The van der Waals surface area contributed by atoms with Gasteiger partial charge in [-0.1, -0.05) is 15.9 Å². The van der Waals surface area contributed by atoms with Crippen LogP contribution < -0.4 is 11.1 Å². The number of hydrogen-bond acceptors (Lipinski definition) is 3. The molecule has 0 saturated carbocycles. The van der Waals surface area contributed by atoms with Crippen LogP contribution in [0.15, 0.2) is 22.7 Å². The topological polar surface area (TPSA) is 58.4 Å². The number of likely N-dealkylation sites (tertiary alicyclic amines) is 1. The number of amides is 1. The van der Waals surface area contributed by atoms with Crippen LogP contribution >= 0.6 is 15.9 Å². The summed E-state index contributed by atoms with van der Waals surface area (Å²) in [6, 6.07) is 6.01. The standard InChI is InChI=1S/C13H18BrN3O/c1-9-6-11(2-3-12(9)14)16-13(18)8-17-5-4-10(15)7-17/h2-3,6,10H,4-5,7-8,15H2,1H3,(H,16,18)/t10-/m1/s1. The fourth-order valence-electron chi connectivity index (χ4n) is 2.13. The van der Waals surface area contributed by atoms with Gasteiger partial charge in [0.2, 0.25) is 5.91 Å². The summed E-state index contributed by atoms with van der Waals surface area (Å²) in [5.41, 5.74) is 7.76. The largest absolute Gasteiger partial charge is 0.326 e. The molecule has 0 aromatic heterocycles. The Balaban J connectivity index is 1.89. The highest BCUT2D eigenvalue weighted by Gasteiger charge is 2.20. The van der Waals surface area contributed by atoms with Crippen LogP contribution in [-0.4, -0.2) is 36.5 Å². The first-order chi connectivity index (χ1) is 8.54. The molecule has 1 fully saturated rings. The Bertz CT molecular complexity index is 450. The fourth-order valence-corrected chi connectivity index (χ4v) is 2.38. The molecule has 1 amide bonds. The Morgan fingerprint density at radius 3 is 3.00 bits per heavy atom. The minimum atomic E-state index is 0.0193. The third-order valence-corrected chi connectivity index (χ3v) is 4.01. The van der Waals surface area contributed by atoms with Crippen LogP contribution in [0.3, 0.4) is 0 Å². The van der Waals surface area contributed by atoms with E-state index in [0.29, 0.717) is 6.54 Å². The summed E-state index contributed by atoms with van der Waals surface area (Å²) in [5.74, 6) is 0.0193. The van der Waals surface area contributed by atoms with Gasteiger partial charge in [0.15, 0.2) is 0 Å². The van der Waals surface area contributed by atoms with Crippen LogP contribution in [0.5, 0.6) is 0 Å². The molecule has 0 aliphatic carbocycles. The van der Waals surface area contributed by atoms with Crippen LogP contribution in [-0.2, 0) is 4.79 Å². The number of hydrogen-bond donors (Lipinski definition) is 2. The minimum Gasteiger partial charge on any atom is -0.326 e. The number of carbonyl (C=O) groups excluding carboxylic acids is 1. The summed E-state index contributed by atoms with van der Waals surface area (Å²) in [5, 5.41) is 2.91. The molecule has 1 atom stereocenters. The lowest BCUT2D eigenvalue weighted by atomic mass is 10.2. The molecule has 98 valence electrons. The number of halogens is 1. The second-order valence-corrected chi connectivity index (χ2v) is 5.65. The minimum absolute atomic E-state index is 0.0193. The normalized spacial score (nSPS) is 20.1. The van der Waals surface area contributed by atoms with Gasteiger partial charge in [-0.25, -0.2) is 0 Å². The van der Waals surface area contributed by atoms with E-state index in [9.17, 15) is 4.79 Å². The monoisotopic (exact) mass is 311 g/mol. The first-order valence-corrected chi connectivity index (χ1v) is 6.88. The van der Waals surface area contributed by atoms with E-state index in [4.69, 9.17) is 5.73 Å². The van der Waals surface area contributed by atoms with E-state index in [0.717, 1.165) is 35.2 Å².